The summed E-state index contributed by atoms with van der Waals surface area (Å²) >= 11 is 0. The summed E-state index contributed by atoms with van der Waals surface area (Å²) in [6.07, 6.45) is 1.27. The zero-order valence-corrected chi connectivity index (χ0v) is 16.7. The molecule has 2 aromatic rings. The molecule has 28 heavy (non-hydrogen) atoms. The smallest absolute Gasteiger partial charge is 0.412 e. The predicted octanol–water partition coefficient (Wildman–Crippen LogP) is 2.30. The van der Waals surface area contributed by atoms with Crippen LogP contribution in [0.4, 0.5) is 10.6 Å². The van der Waals surface area contributed by atoms with Crippen molar-refractivity contribution in [1.82, 2.24) is 14.5 Å². The molecular formula is C17H20N4O5S2. The lowest BCUT2D eigenvalue weighted by molar-refractivity contribution is -0.0100. The van der Waals surface area contributed by atoms with Gasteiger partial charge < -0.3 is 14.6 Å². The molecular weight excluding hydrogens is 404 g/mol. The van der Waals surface area contributed by atoms with Crippen molar-refractivity contribution in [1.29, 1.82) is 0 Å². The first kappa shape index (κ1) is 20.6. The molecule has 0 radical (unpaired) electrons. The Morgan fingerprint density at radius 2 is 2.32 bits per heavy atom. The zero-order chi connectivity index (χ0) is 19.9. The van der Waals surface area contributed by atoms with E-state index >= 15 is 0 Å². The molecule has 1 saturated heterocycles. The number of hydrogen-bond acceptors (Lipinski definition) is 9. The fraction of sp³-hybridized carbons (Fsp3) is 0.412. The van der Waals surface area contributed by atoms with E-state index in [2.05, 4.69) is 15.3 Å². The Balaban J connectivity index is 1.41. The Kier molecular flexibility index (Phi) is 7.31. The van der Waals surface area contributed by atoms with Gasteiger partial charge >= 0.3 is 11.8 Å². The molecule has 1 aliphatic heterocycles. The van der Waals surface area contributed by atoms with E-state index in [0.29, 0.717) is 12.2 Å². The maximum absolute atomic E-state index is 12.1. The molecule has 150 valence electrons. The highest BCUT2D eigenvalue weighted by atomic mass is 33.1. The number of aliphatic hydroxyl groups excluding tert-OH is 1. The average Bonchev–Trinajstić information content (AvgIpc) is 3.01. The van der Waals surface area contributed by atoms with E-state index < -0.39 is 24.1 Å². The summed E-state index contributed by atoms with van der Waals surface area (Å²) in [5, 5.41) is 13.0. The zero-order valence-electron chi connectivity index (χ0n) is 15.1. The number of amides is 1. The Bertz CT molecular complexity index is 841. The molecule has 0 aliphatic carbocycles. The van der Waals surface area contributed by atoms with Gasteiger partial charge in [0.25, 0.3) is 0 Å². The van der Waals surface area contributed by atoms with Crippen LogP contribution in [-0.4, -0.2) is 50.3 Å². The largest absolute Gasteiger partial charge is 0.448 e. The molecule has 0 spiro atoms. The minimum Gasteiger partial charge on any atom is -0.448 e. The van der Waals surface area contributed by atoms with Crippen LogP contribution < -0.4 is 11.0 Å². The van der Waals surface area contributed by atoms with Gasteiger partial charge in [-0.05, 0) is 35.9 Å². The van der Waals surface area contributed by atoms with Crippen molar-refractivity contribution in [2.45, 2.75) is 36.8 Å². The normalized spacial score (nSPS) is 21.4. The van der Waals surface area contributed by atoms with E-state index in [9.17, 15) is 14.7 Å². The van der Waals surface area contributed by atoms with Gasteiger partial charge in [0.15, 0.2) is 0 Å². The van der Waals surface area contributed by atoms with E-state index in [1.165, 1.54) is 38.4 Å². The van der Waals surface area contributed by atoms with Crippen LogP contribution in [-0.2, 0) is 9.47 Å². The van der Waals surface area contributed by atoms with Crippen LogP contribution in [0.3, 0.4) is 0 Å². The van der Waals surface area contributed by atoms with Gasteiger partial charge in [0.1, 0.15) is 23.7 Å². The van der Waals surface area contributed by atoms with Gasteiger partial charge in [-0.25, -0.2) is 14.6 Å². The van der Waals surface area contributed by atoms with Crippen molar-refractivity contribution in [3.05, 3.63) is 47.1 Å². The molecule has 2 N–H and O–H groups in total. The van der Waals surface area contributed by atoms with Crippen LogP contribution in [0.1, 0.15) is 19.6 Å². The number of aliphatic hydroxyl groups is 1. The molecule has 9 nitrogen and oxygen atoms in total. The quantitative estimate of drug-likeness (QED) is 0.510. The first-order valence-corrected chi connectivity index (χ1v) is 10.9. The highest BCUT2D eigenvalue weighted by Gasteiger charge is 2.32. The third-order valence-electron chi connectivity index (χ3n) is 3.91. The van der Waals surface area contributed by atoms with Crippen molar-refractivity contribution in [2.75, 3.05) is 17.7 Å². The fourth-order valence-electron chi connectivity index (χ4n) is 2.48. The number of aromatic nitrogens is 3. The van der Waals surface area contributed by atoms with Gasteiger partial charge in [0, 0.05) is 24.6 Å². The van der Waals surface area contributed by atoms with E-state index in [0.717, 1.165) is 5.03 Å². The summed E-state index contributed by atoms with van der Waals surface area (Å²) in [6, 6.07) is 7.13. The van der Waals surface area contributed by atoms with Crippen molar-refractivity contribution in [3.63, 3.8) is 0 Å². The fourth-order valence-corrected chi connectivity index (χ4v) is 4.19. The summed E-state index contributed by atoms with van der Waals surface area (Å²) in [6.45, 7) is 1.95. The van der Waals surface area contributed by atoms with Crippen LogP contribution in [0.15, 0.2) is 46.5 Å². The van der Waals surface area contributed by atoms with E-state index in [4.69, 9.17) is 9.47 Å². The van der Waals surface area contributed by atoms with Crippen molar-refractivity contribution in [3.8, 4) is 0 Å². The minimum atomic E-state index is -0.686. The molecule has 3 atom stereocenters. The van der Waals surface area contributed by atoms with E-state index in [1.807, 2.05) is 18.2 Å². The third kappa shape index (κ3) is 5.71. The molecule has 1 aliphatic rings. The molecule has 3 heterocycles. The lowest BCUT2D eigenvalue weighted by Crippen LogP contribution is -2.28. The lowest BCUT2D eigenvalue weighted by atomic mass is 10.2. The van der Waals surface area contributed by atoms with Gasteiger partial charge in [0.05, 0.1) is 12.2 Å². The highest BCUT2D eigenvalue weighted by molar-refractivity contribution is 8.76. The maximum atomic E-state index is 12.1. The van der Waals surface area contributed by atoms with Gasteiger partial charge in [-0.2, -0.15) is 4.98 Å². The first-order valence-electron chi connectivity index (χ1n) is 8.60. The van der Waals surface area contributed by atoms with E-state index in [1.54, 1.807) is 13.1 Å². The lowest BCUT2D eigenvalue weighted by Gasteiger charge is -2.13. The average molecular weight is 425 g/mol. The molecule has 3 rings (SSSR count). The summed E-state index contributed by atoms with van der Waals surface area (Å²) in [5.74, 6) is 0.678. The van der Waals surface area contributed by atoms with Crippen LogP contribution in [0.25, 0.3) is 0 Å². The number of nitrogens with one attached hydrogen (secondary N) is 1. The minimum absolute atomic E-state index is 0.0911. The number of pyridine rings is 1. The predicted molar refractivity (Wildman–Crippen MR) is 106 cm³/mol. The standard InChI is InChI=1S/C17H20N4O5S2/c1-11-12(22)10-15(26-11)21-7-5-13(19-16(21)23)20-17(24)25-8-9-27-28-14-4-2-3-6-18-14/h2-7,11-12,15,22H,8-10H2,1H3,(H,19,20,23,24). The Hall–Kier alpha value is -2.08. The van der Waals surface area contributed by atoms with Gasteiger partial charge in [-0.3, -0.25) is 9.88 Å². The molecule has 1 amide bonds. The number of anilines is 1. The van der Waals surface area contributed by atoms with Crippen molar-refractivity contribution in [2.24, 2.45) is 0 Å². The van der Waals surface area contributed by atoms with Gasteiger partial charge in [-0.1, -0.05) is 16.9 Å². The second-order valence-corrected chi connectivity index (χ2v) is 8.37. The summed E-state index contributed by atoms with van der Waals surface area (Å²) in [4.78, 5) is 31.9. The summed E-state index contributed by atoms with van der Waals surface area (Å²) < 4.78 is 11.9. The number of carbonyl (C=O) groups is 1. The van der Waals surface area contributed by atoms with Gasteiger partial charge in [-0.15, -0.1) is 0 Å². The number of ether oxygens (including phenoxy) is 2. The number of hydrogen-bond donors (Lipinski definition) is 2. The van der Waals surface area contributed by atoms with Crippen LogP contribution in [0.5, 0.6) is 0 Å². The number of nitrogens with zero attached hydrogens (tertiary/aromatic N) is 3. The second kappa shape index (κ2) is 9.92. The Labute approximate surface area is 169 Å². The van der Waals surface area contributed by atoms with Crippen LogP contribution in [0.2, 0.25) is 0 Å². The highest BCUT2D eigenvalue weighted by Crippen LogP contribution is 2.28. The van der Waals surface area contributed by atoms with Crippen LogP contribution >= 0.6 is 21.6 Å². The Morgan fingerprint density at radius 1 is 1.46 bits per heavy atom. The van der Waals surface area contributed by atoms with Crippen molar-refractivity contribution < 1.29 is 19.4 Å². The van der Waals surface area contributed by atoms with Gasteiger partial charge in [0.2, 0.25) is 0 Å². The molecule has 0 bridgehead atoms. The molecule has 3 unspecified atom stereocenters. The van der Waals surface area contributed by atoms with Crippen molar-refractivity contribution >= 4 is 33.5 Å². The monoisotopic (exact) mass is 424 g/mol. The second-order valence-electron chi connectivity index (χ2n) is 5.94. The maximum Gasteiger partial charge on any atom is 0.412 e. The van der Waals surface area contributed by atoms with Crippen LogP contribution in [0, 0.1) is 0 Å². The molecule has 0 aromatic carbocycles. The topological polar surface area (TPSA) is 116 Å². The number of rotatable bonds is 7. The summed E-state index contributed by atoms with van der Waals surface area (Å²) in [5.41, 5.74) is -0.577. The molecule has 1 fully saturated rings. The number of carbonyl (C=O) groups excluding carboxylic acids is 1. The molecule has 2 aromatic heterocycles. The molecule has 11 heteroatoms. The first-order chi connectivity index (χ1) is 13.5. The third-order valence-corrected chi connectivity index (χ3v) is 6.14. The molecule has 0 saturated carbocycles. The SMILES string of the molecule is CC1OC(n2ccc(NC(=O)OCCSSc3ccccn3)nc2=O)CC1O. The summed E-state index contributed by atoms with van der Waals surface area (Å²) in [7, 11) is 3.02. The van der Waals surface area contributed by atoms with E-state index in [-0.39, 0.29) is 18.5 Å². The Morgan fingerprint density at radius 3 is 3.00 bits per heavy atom.